The molecule has 7 heteroatoms. The number of nitrogens with one attached hydrogen (secondary N) is 1. The predicted molar refractivity (Wildman–Crippen MR) is 62.4 cm³/mol. The zero-order valence-electron chi connectivity index (χ0n) is 9.56. The third kappa shape index (κ3) is 3.18. The highest BCUT2D eigenvalue weighted by molar-refractivity contribution is 7.89. The van der Waals surface area contributed by atoms with E-state index in [4.69, 9.17) is 9.88 Å². The first-order valence-electron chi connectivity index (χ1n) is 4.89. The Bertz CT molecular complexity index is 525. The zero-order valence-corrected chi connectivity index (χ0v) is 10.4. The maximum absolute atomic E-state index is 11.5. The Morgan fingerprint density at radius 2 is 2.12 bits per heavy atom. The van der Waals surface area contributed by atoms with E-state index in [0.29, 0.717) is 6.54 Å². The van der Waals surface area contributed by atoms with Crippen LogP contribution in [0.5, 0.6) is 5.75 Å². The molecule has 0 radical (unpaired) electrons. The van der Waals surface area contributed by atoms with Crippen molar-refractivity contribution in [1.29, 1.82) is 0 Å². The molecule has 0 bridgehead atoms. The Balaban J connectivity index is 3.28. The molecule has 1 aromatic carbocycles. The van der Waals surface area contributed by atoms with Gasteiger partial charge in [0, 0.05) is 12.1 Å². The lowest BCUT2D eigenvalue weighted by Gasteiger charge is -2.08. The molecule has 0 aliphatic heterocycles. The molecule has 1 aromatic rings. The van der Waals surface area contributed by atoms with Gasteiger partial charge >= 0.3 is 0 Å². The van der Waals surface area contributed by atoms with Crippen LogP contribution in [0.4, 0.5) is 0 Å². The number of ether oxygens (including phenoxy) is 1. The van der Waals surface area contributed by atoms with Crippen LogP contribution in [0.3, 0.4) is 0 Å². The largest absolute Gasteiger partial charge is 0.495 e. The molecule has 0 saturated heterocycles. The summed E-state index contributed by atoms with van der Waals surface area (Å²) >= 11 is 0. The lowest BCUT2D eigenvalue weighted by atomic mass is 10.2. The number of benzene rings is 1. The molecule has 1 rings (SSSR count). The van der Waals surface area contributed by atoms with Crippen LogP contribution in [0.2, 0.25) is 0 Å². The summed E-state index contributed by atoms with van der Waals surface area (Å²) in [6.45, 7) is 2.22. The Morgan fingerprint density at radius 1 is 1.47 bits per heavy atom. The number of methoxy groups -OCH3 is 1. The van der Waals surface area contributed by atoms with Crippen LogP contribution in [0.25, 0.3) is 0 Å². The maximum atomic E-state index is 11.5. The second-order valence-electron chi connectivity index (χ2n) is 3.27. The van der Waals surface area contributed by atoms with Gasteiger partial charge in [-0.05, 0) is 25.1 Å². The van der Waals surface area contributed by atoms with Crippen LogP contribution in [-0.4, -0.2) is 28.0 Å². The number of hydrogen-bond donors (Lipinski definition) is 2. The summed E-state index contributed by atoms with van der Waals surface area (Å²) in [4.78, 5) is 11.3. The summed E-state index contributed by atoms with van der Waals surface area (Å²) in [5.41, 5.74) is 0.219. The van der Waals surface area contributed by atoms with E-state index in [2.05, 4.69) is 5.32 Å². The number of amides is 1. The van der Waals surface area contributed by atoms with Gasteiger partial charge in [0.2, 0.25) is 10.0 Å². The van der Waals surface area contributed by atoms with Gasteiger partial charge in [0.15, 0.2) is 0 Å². The van der Waals surface area contributed by atoms with Gasteiger partial charge in [0.1, 0.15) is 10.6 Å². The van der Waals surface area contributed by atoms with Gasteiger partial charge in [0.25, 0.3) is 5.91 Å². The number of carbonyl (C=O) groups excluding carboxylic acids is 1. The fraction of sp³-hybridized carbons (Fsp3) is 0.300. The third-order valence-electron chi connectivity index (χ3n) is 2.07. The lowest BCUT2D eigenvalue weighted by molar-refractivity contribution is 0.0955. The number of nitrogens with two attached hydrogens (primary N) is 1. The van der Waals surface area contributed by atoms with E-state index in [1.807, 2.05) is 0 Å². The molecule has 0 spiro atoms. The van der Waals surface area contributed by atoms with Gasteiger partial charge in [-0.2, -0.15) is 0 Å². The van der Waals surface area contributed by atoms with Crippen LogP contribution in [0.1, 0.15) is 17.3 Å². The quantitative estimate of drug-likeness (QED) is 0.799. The van der Waals surface area contributed by atoms with Crippen LogP contribution in [-0.2, 0) is 10.0 Å². The van der Waals surface area contributed by atoms with Crippen molar-refractivity contribution in [3.8, 4) is 5.75 Å². The molecule has 0 unspecified atom stereocenters. The summed E-state index contributed by atoms with van der Waals surface area (Å²) in [5, 5.41) is 7.60. The monoisotopic (exact) mass is 258 g/mol. The Labute approximate surface area is 99.8 Å². The first-order valence-corrected chi connectivity index (χ1v) is 6.43. The van der Waals surface area contributed by atoms with Crippen LogP contribution < -0.4 is 15.2 Å². The van der Waals surface area contributed by atoms with Crippen molar-refractivity contribution >= 4 is 15.9 Å². The molecule has 1 amide bonds. The van der Waals surface area contributed by atoms with Crippen LogP contribution in [0.15, 0.2) is 23.1 Å². The molecule has 0 heterocycles. The van der Waals surface area contributed by atoms with E-state index in [9.17, 15) is 13.2 Å². The van der Waals surface area contributed by atoms with E-state index < -0.39 is 10.0 Å². The molecule has 6 nitrogen and oxygen atoms in total. The van der Waals surface area contributed by atoms with Crippen molar-refractivity contribution in [2.24, 2.45) is 5.14 Å². The van der Waals surface area contributed by atoms with Crippen molar-refractivity contribution in [2.45, 2.75) is 11.8 Å². The molecular formula is C10H14N2O4S. The predicted octanol–water partition coefficient (Wildman–Crippen LogP) is 0.0923. The summed E-state index contributed by atoms with van der Waals surface area (Å²) in [6, 6.07) is 4.06. The second kappa shape index (κ2) is 5.15. The van der Waals surface area contributed by atoms with E-state index in [0.717, 1.165) is 0 Å². The molecule has 94 valence electrons. The van der Waals surface area contributed by atoms with E-state index in [1.165, 1.54) is 25.3 Å². The summed E-state index contributed by atoms with van der Waals surface area (Å²) in [5.74, 6) is -0.249. The number of hydrogen-bond acceptors (Lipinski definition) is 4. The standard InChI is InChI=1S/C10H14N2O4S/c1-3-12-10(13)7-4-5-8(16-2)9(6-7)17(11,14)15/h4-6H,3H2,1-2H3,(H,12,13)(H2,11,14,15). The van der Waals surface area contributed by atoms with Crippen LogP contribution in [0, 0.1) is 0 Å². The fourth-order valence-corrected chi connectivity index (χ4v) is 2.03. The lowest BCUT2D eigenvalue weighted by Crippen LogP contribution is -2.23. The van der Waals surface area contributed by atoms with Gasteiger partial charge in [-0.25, -0.2) is 13.6 Å². The minimum atomic E-state index is -3.92. The van der Waals surface area contributed by atoms with E-state index in [-0.39, 0.29) is 22.1 Å². The fourth-order valence-electron chi connectivity index (χ4n) is 1.30. The average molecular weight is 258 g/mol. The SMILES string of the molecule is CCNC(=O)c1ccc(OC)c(S(N)(=O)=O)c1. The van der Waals surface area contributed by atoms with Crippen LogP contribution >= 0.6 is 0 Å². The molecule has 0 fully saturated rings. The molecule has 0 aliphatic rings. The zero-order chi connectivity index (χ0) is 13.1. The first-order chi connectivity index (χ1) is 7.90. The van der Waals surface area contributed by atoms with E-state index >= 15 is 0 Å². The number of rotatable bonds is 4. The molecule has 0 atom stereocenters. The average Bonchev–Trinajstić information content (AvgIpc) is 2.27. The normalized spacial score (nSPS) is 11.0. The smallest absolute Gasteiger partial charge is 0.251 e. The highest BCUT2D eigenvalue weighted by Crippen LogP contribution is 2.23. The molecule has 0 saturated carbocycles. The van der Waals surface area contributed by atoms with Gasteiger partial charge in [-0.3, -0.25) is 4.79 Å². The summed E-state index contributed by atoms with van der Waals surface area (Å²) < 4.78 is 27.5. The van der Waals surface area contributed by atoms with Crippen molar-refractivity contribution in [3.63, 3.8) is 0 Å². The van der Waals surface area contributed by atoms with Crippen molar-refractivity contribution in [3.05, 3.63) is 23.8 Å². The van der Waals surface area contributed by atoms with Crippen molar-refractivity contribution in [1.82, 2.24) is 5.32 Å². The molecule has 3 N–H and O–H groups in total. The Morgan fingerprint density at radius 3 is 2.59 bits per heavy atom. The van der Waals surface area contributed by atoms with Gasteiger partial charge in [-0.15, -0.1) is 0 Å². The van der Waals surface area contributed by atoms with Crippen molar-refractivity contribution < 1.29 is 17.9 Å². The molecular weight excluding hydrogens is 244 g/mol. The summed E-state index contributed by atoms with van der Waals surface area (Å²) in [7, 11) is -2.59. The molecule has 17 heavy (non-hydrogen) atoms. The van der Waals surface area contributed by atoms with Gasteiger partial charge in [0.05, 0.1) is 7.11 Å². The Kier molecular flexibility index (Phi) is 4.08. The second-order valence-corrected chi connectivity index (χ2v) is 4.80. The van der Waals surface area contributed by atoms with Gasteiger partial charge in [-0.1, -0.05) is 0 Å². The summed E-state index contributed by atoms with van der Waals surface area (Å²) in [6.07, 6.45) is 0. The maximum Gasteiger partial charge on any atom is 0.251 e. The van der Waals surface area contributed by atoms with E-state index in [1.54, 1.807) is 6.92 Å². The highest BCUT2D eigenvalue weighted by Gasteiger charge is 2.17. The minimum absolute atomic E-state index is 0.112. The highest BCUT2D eigenvalue weighted by atomic mass is 32.2. The topological polar surface area (TPSA) is 98.5 Å². The minimum Gasteiger partial charge on any atom is -0.495 e. The third-order valence-corrected chi connectivity index (χ3v) is 3.00. The Hall–Kier alpha value is -1.60. The molecule has 0 aromatic heterocycles. The first kappa shape index (κ1) is 13.5. The number of carbonyl (C=O) groups is 1. The van der Waals surface area contributed by atoms with Gasteiger partial charge < -0.3 is 10.1 Å². The molecule has 0 aliphatic carbocycles. The van der Waals surface area contributed by atoms with Crippen molar-refractivity contribution in [2.75, 3.05) is 13.7 Å². The number of sulfonamides is 1. The number of primary sulfonamides is 1.